The Morgan fingerprint density at radius 3 is 1.96 bits per heavy atom. The molecule has 0 spiro atoms. The van der Waals surface area contributed by atoms with Crippen LogP contribution in [0.2, 0.25) is 0 Å². The van der Waals surface area contributed by atoms with Crippen LogP contribution in [0.25, 0.3) is 0 Å². The highest BCUT2D eigenvalue weighted by atomic mass is 16.4. The van der Waals surface area contributed by atoms with Gasteiger partial charge in [0.2, 0.25) is 0 Å². The largest absolute Gasteiger partial charge is 0.478 e. The second kappa shape index (κ2) is 6.83. The molecule has 0 heterocycles. The topological polar surface area (TPSA) is 99.3 Å². The van der Waals surface area contributed by atoms with E-state index in [1.807, 2.05) is 18.2 Å². The molecule has 0 fully saturated rings. The molecule has 2 aromatic carbocycles. The van der Waals surface area contributed by atoms with Crippen molar-refractivity contribution in [2.75, 3.05) is 0 Å². The Balaban J connectivity index is 2.37. The van der Waals surface area contributed by atoms with Crippen molar-refractivity contribution in [3.05, 3.63) is 59.2 Å². The lowest BCUT2D eigenvalue weighted by Crippen LogP contribution is -2.01. The molecule has 0 amide bonds. The minimum Gasteiger partial charge on any atom is -0.478 e. The number of carbonyl (C=O) groups is 2. The Kier molecular flexibility index (Phi) is 4.85. The predicted molar refractivity (Wildman–Crippen MR) is 85.1 cm³/mol. The Labute approximate surface area is 133 Å². The Bertz CT molecular complexity index is 750. The van der Waals surface area contributed by atoms with Crippen LogP contribution in [-0.2, 0) is 0 Å². The summed E-state index contributed by atoms with van der Waals surface area (Å²) < 4.78 is 0. The summed E-state index contributed by atoms with van der Waals surface area (Å²) in [5.74, 6) is -2.09. The highest BCUT2D eigenvalue weighted by molar-refractivity contribution is 5.95. The first-order valence-corrected chi connectivity index (χ1v) is 7.00. The Morgan fingerprint density at radius 1 is 0.870 bits per heavy atom. The summed E-state index contributed by atoms with van der Waals surface area (Å²) in [6, 6.07) is 11.2. The zero-order valence-corrected chi connectivity index (χ0v) is 12.7. The molecule has 0 saturated heterocycles. The van der Waals surface area contributed by atoms with Crippen molar-refractivity contribution in [3.8, 4) is 0 Å². The zero-order chi connectivity index (χ0) is 17.0. The highest BCUT2D eigenvalue weighted by Gasteiger charge is 2.11. The summed E-state index contributed by atoms with van der Waals surface area (Å²) in [7, 11) is 0. The van der Waals surface area contributed by atoms with Crippen molar-refractivity contribution in [2.45, 2.75) is 19.8 Å². The van der Waals surface area contributed by atoms with Gasteiger partial charge >= 0.3 is 11.9 Å². The average Bonchev–Trinajstić information content (AvgIpc) is 2.52. The van der Waals surface area contributed by atoms with Gasteiger partial charge in [-0.25, -0.2) is 9.59 Å². The highest BCUT2D eigenvalue weighted by Crippen LogP contribution is 2.24. The summed E-state index contributed by atoms with van der Waals surface area (Å²) in [6.07, 6.45) is 0. The van der Waals surface area contributed by atoms with Crippen LogP contribution in [0.4, 0.5) is 11.4 Å². The zero-order valence-electron chi connectivity index (χ0n) is 12.7. The lowest BCUT2D eigenvalue weighted by Gasteiger charge is -2.05. The smallest absolute Gasteiger partial charge is 0.335 e. The van der Waals surface area contributed by atoms with Crippen molar-refractivity contribution in [1.29, 1.82) is 0 Å². The fraction of sp³-hybridized carbons (Fsp3) is 0.176. The summed E-state index contributed by atoms with van der Waals surface area (Å²) in [5.41, 5.74) is 1.61. The molecule has 6 heteroatoms. The summed E-state index contributed by atoms with van der Waals surface area (Å²) in [5, 5.41) is 26.1. The maximum atomic E-state index is 11.1. The van der Waals surface area contributed by atoms with Gasteiger partial charge in [0.1, 0.15) is 0 Å². The third kappa shape index (κ3) is 4.23. The molecule has 2 N–H and O–H groups in total. The second-order valence-electron chi connectivity index (χ2n) is 5.33. The first kappa shape index (κ1) is 16.4. The van der Waals surface area contributed by atoms with E-state index in [4.69, 9.17) is 10.2 Å². The molecule has 0 saturated carbocycles. The average molecular weight is 312 g/mol. The molecule has 6 nitrogen and oxygen atoms in total. The number of aromatic carboxylic acids is 2. The molecule has 0 bridgehead atoms. The van der Waals surface area contributed by atoms with E-state index in [0.717, 1.165) is 11.6 Å². The molecule has 0 aliphatic carbocycles. The number of carboxylic acid groups (broad SMARTS) is 2. The number of hydrogen-bond acceptors (Lipinski definition) is 4. The maximum Gasteiger partial charge on any atom is 0.335 e. The van der Waals surface area contributed by atoms with E-state index >= 15 is 0 Å². The summed E-state index contributed by atoms with van der Waals surface area (Å²) in [4.78, 5) is 22.1. The van der Waals surface area contributed by atoms with E-state index in [9.17, 15) is 9.59 Å². The van der Waals surface area contributed by atoms with Gasteiger partial charge < -0.3 is 10.2 Å². The molecule has 2 aromatic rings. The lowest BCUT2D eigenvalue weighted by molar-refractivity contribution is 0.0696. The van der Waals surface area contributed by atoms with E-state index < -0.39 is 11.9 Å². The predicted octanol–water partition coefficient (Wildman–Crippen LogP) is 4.62. The quantitative estimate of drug-likeness (QED) is 0.786. The number of azo groups is 1. The lowest BCUT2D eigenvalue weighted by atomic mass is 10.0. The molecule has 2 rings (SSSR count). The van der Waals surface area contributed by atoms with E-state index in [1.165, 1.54) is 12.1 Å². The standard InChI is InChI=1S/C17H16N2O4/c1-10(2)11-4-3-5-14(7-11)18-19-15-8-12(16(20)21)6-13(9-15)17(22)23/h3-10H,1-2H3,(H,20,21)(H,22,23)/b19-18-. The van der Waals surface area contributed by atoms with Gasteiger partial charge in [-0.2, -0.15) is 10.2 Å². The van der Waals surface area contributed by atoms with Gasteiger partial charge in [0, 0.05) is 0 Å². The van der Waals surface area contributed by atoms with Gasteiger partial charge in [-0.1, -0.05) is 26.0 Å². The van der Waals surface area contributed by atoms with Crippen molar-refractivity contribution < 1.29 is 19.8 Å². The molecule has 118 valence electrons. The van der Waals surface area contributed by atoms with E-state index in [0.29, 0.717) is 11.6 Å². The molecule has 23 heavy (non-hydrogen) atoms. The van der Waals surface area contributed by atoms with Gasteiger partial charge in [0.05, 0.1) is 22.5 Å². The second-order valence-corrected chi connectivity index (χ2v) is 5.33. The molecule has 0 aliphatic rings. The molecular weight excluding hydrogens is 296 g/mol. The monoisotopic (exact) mass is 312 g/mol. The molecule has 0 unspecified atom stereocenters. The van der Waals surface area contributed by atoms with Crippen molar-refractivity contribution >= 4 is 23.3 Å². The Morgan fingerprint density at radius 2 is 1.43 bits per heavy atom. The maximum absolute atomic E-state index is 11.1. The van der Waals surface area contributed by atoms with Crippen LogP contribution >= 0.6 is 0 Å². The normalized spacial score (nSPS) is 11.1. The molecule has 0 aliphatic heterocycles. The van der Waals surface area contributed by atoms with Crippen LogP contribution in [-0.4, -0.2) is 22.2 Å². The van der Waals surface area contributed by atoms with E-state index in [1.54, 1.807) is 6.07 Å². The third-order valence-electron chi connectivity index (χ3n) is 3.23. The SMILES string of the molecule is CC(C)c1cccc(/N=N\c2cc(C(=O)O)cc(C(=O)O)c2)c1. The van der Waals surface area contributed by atoms with Crippen LogP contribution in [0.5, 0.6) is 0 Å². The first-order chi connectivity index (χ1) is 10.9. The molecular formula is C17H16N2O4. The van der Waals surface area contributed by atoms with E-state index in [-0.39, 0.29) is 16.8 Å². The summed E-state index contributed by atoms with van der Waals surface area (Å²) >= 11 is 0. The van der Waals surface area contributed by atoms with Crippen LogP contribution in [0.15, 0.2) is 52.7 Å². The summed E-state index contributed by atoms with van der Waals surface area (Å²) in [6.45, 7) is 4.12. The van der Waals surface area contributed by atoms with Gasteiger partial charge in [0.15, 0.2) is 0 Å². The van der Waals surface area contributed by atoms with Crippen LogP contribution in [0, 0.1) is 0 Å². The first-order valence-electron chi connectivity index (χ1n) is 7.00. The molecule has 0 radical (unpaired) electrons. The number of benzene rings is 2. The fourth-order valence-electron chi connectivity index (χ4n) is 1.98. The minimum atomic E-state index is -1.22. The molecule has 0 aromatic heterocycles. The number of hydrogen-bond donors (Lipinski definition) is 2. The van der Waals surface area contributed by atoms with Gasteiger partial charge in [-0.15, -0.1) is 0 Å². The van der Waals surface area contributed by atoms with E-state index in [2.05, 4.69) is 24.1 Å². The van der Waals surface area contributed by atoms with Gasteiger partial charge in [-0.05, 0) is 41.8 Å². The fourth-order valence-corrected chi connectivity index (χ4v) is 1.98. The minimum absolute atomic E-state index is 0.144. The van der Waals surface area contributed by atoms with Crippen molar-refractivity contribution in [1.82, 2.24) is 0 Å². The van der Waals surface area contributed by atoms with Gasteiger partial charge in [0.25, 0.3) is 0 Å². The van der Waals surface area contributed by atoms with Gasteiger partial charge in [-0.3, -0.25) is 0 Å². The van der Waals surface area contributed by atoms with Crippen LogP contribution in [0.3, 0.4) is 0 Å². The molecule has 0 atom stereocenters. The number of rotatable bonds is 5. The number of carboxylic acids is 2. The number of nitrogens with zero attached hydrogens (tertiary/aromatic N) is 2. The van der Waals surface area contributed by atoms with Crippen LogP contribution in [0.1, 0.15) is 46.0 Å². The van der Waals surface area contributed by atoms with Crippen LogP contribution < -0.4 is 0 Å². The van der Waals surface area contributed by atoms with Crippen molar-refractivity contribution in [3.63, 3.8) is 0 Å². The van der Waals surface area contributed by atoms with Crippen molar-refractivity contribution in [2.24, 2.45) is 10.2 Å². The Hall–Kier alpha value is -3.02. The third-order valence-corrected chi connectivity index (χ3v) is 3.23.